The number of nitriles is 1. The normalized spacial score (nSPS) is 29.9. The lowest BCUT2D eigenvalue weighted by atomic mass is 9.80. The summed E-state index contributed by atoms with van der Waals surface area (Å²) in [6, 6.07) is 2.84. The Labute approximate surface area is 96.3 Å². The second-order valence-corrected chi connectivity index (χ2v) is 4.58. The van der Waals surface area contributed by atoms with Gasteiger partial charge in [-0.2, -0.15) is 5.26 Å². The number of aryl methyl sites for hydroxylation is 1. The minimum Gasteiger partial charge on any atom is -0.332 e. The summed E-state index contributed by atoms with van der Waals surface area (Å²) in [5.74, 6) is 1.04. The first-order valence-electron chi connectivity index (χ1n) is 5.80. The topological polar surface area (TPSA) is 53.6 Å². The smallest absolute Gasteiger partial charge is 0.108 e. The van der Waals surface area contributed by atoms with Crippen LogP contribution in [-0.2, 0) is 0 Å². The molecule has 1 saturated carbocycles. The summed E-state index contributed by atoms with van der Waals surface area (Å²) in [5, 5.41) is 12.5. The van der Waals surface area contributed by atoms with Crippen molar-refractivity contribution in [2.45, 2.75) is 44.2 Å². The standard InChI is InChI=1S/C12H18N4/c1-10-15-6-7-16(10)11-4-3-5-12(8-11,9-13)14-2/h6-7,11,14H,3-5,8H2,1-2H3. The van der Waals surface area contributed by atoms with Crippen LogP contribution in [0.1, 0.15) is 37.5 Å². The second-order valence-electron chi connectivity index (χ2n) is 4.58. The van der Waals surface area contributed by atoms with Crippen LogP contribution in [0.2, 0.25) is 0 Å². The third kappa shape index (κ3) is 1.83. The quantitative estimate of drug-likeness (QED) is 0.823. The first-order valence-corrected chi connectivity index (χ1v) is 5.80. The highest BCUT2D eigenvalue weighted by molar-refractivity contribution is 5.11. The number of aromatic nitrogens is 2. The van der Waals surface area contributed by atoms with E-state index in [1.54, 1.807) is 0 Å². The van der Waals surface area contributed by atoms with E-state index < -0.39 is 0 Å². The van der Waals surface area contributed by atoms with Crippen LogP contribution in [0.25, 0.3) is 0 Å². The fourth-order valence-corrected chi connectivity index (χ4v) is 2.64. The molecule has 0 spiro atoms. The number of imidazole rings is 1. The molecule has 1 aliphatic rings. The van der Waals surface area contributed by atoms with Gasteiger partial charge in [0.15, 0.2) is 0 Å². The van der Waals surface area contributed by atoms with Crippen molar-refractivity contribution < 1.29 is 0 Å². The zero-order valence-corrected chi connectivity index (χ0v) is 9.90. The van der Waals surface area contributed by atoms with Crippen LogP contribution in [-0.4, -0.2) is 22.1 Å². The SMILES string of the molecule is CNC1(C#N)CCCC(n2ccnc2C)C1. The van der Waals surface area contributed by atoms with E-state index in [9.17, 15) is 5.26 Å². The predicted octanol–water partition coefficient (Wildman–Crippen LogP) is 1.79. The molecule has 1 aromatic rings. The molecule has 1 heterocycles. The molecular formula is C12H18N4. The van der Waals surface area contributed by atoms with Crippen molar-refractivity contribution in [1.29, 1.82) is 5.26 Å². The fourth-order valence-electron chi connectivity index (χ4n) is 2.64. The lowest BCUT2D eigenvalue weighted by molar-refractivity contribution is 0.239. The Morgan fingerprint density at radius 1 is 1.69 bits per heavy atom. The Hall–Kier alpha value is -1.34. The van der Waals surface area contributed by atoms with Crippen LogP contribution >= 0.6 is 0 Å². The molecule has 1 aromatic heterocycles. The summed E-state index contributed by atoms with van der Waals surface area (Å²) in [5.41, 5.74) is -0.348. The van der Waals surface area contributed by atoms with E-state index in [2.05, 4.69) is 20.9 Å². The molecule has 0 saturated heterocycles. The van der Waals surface area contributed by atoms with Crippen LogP contribution in [0.15, 0.2) is 12.4 Å². The van der Waals surface area contributed by atoms with Gasteiger partial charge in [-0.3, -0.25) is 0 Å². The largest absolute Gasteiger partial charge is 0.332 e. The van der Waals surface area contributed by atoms with Crippen LogP contribution < -0.4 is 5.32 Å². The predicted molar refractivity (Wildman–Crippen MR) is 61.9 cm³/mol. The van der Waals surface area contributed by atoms with Gasteiger partial charge in [-0.25, -0.2) is 4.98 Å². The summed E-state index contributed by atoms with van der Waals surface area (Å²) in [6.07, 6.45) is 7.90. The Balaban J connectivity index is 2.20. The van der Waals surface area contributed by atoms with Crippen LogP contribution in [0.4, 0.5) is 0 Å². The first-order chi connectivity index (χ1) is 7.71. The third-order valence-corrected chi connectivity index (χ3v) is 3.67. The first kappa shape index (κ1) is 11.2. The summed E-state index contributed by atoms with van der Waals surface area (Å²) in [4.78, 5) is 4.25. The number of nitrogens with zero attached hydrogens (tertiary/aromatic N) is 3. The third-order valence-electron chi connectivity index (χ3n) is 3.67. The molecule has 16 heavy (non-hydrogen) atoms. The minimum absolute atomic E-state index is 0.348. The Bertz CT molecular complexity index is 403. The molecule has 0 radical (unpaired) electrons. The van der Waals surface area contributed by atoms with Crippen LogP contribution in [0.5, 0.6) is 0 Å². The van der Waals surface area contributed by atoms with Gasteiger partial charge in [0.25, 0.3) is 0 Å². The number of hydrogen-bond acceptors (Lipinski definition) is 3. The Morgan fingerprint density at radius 3 is 3.06 bits per heavy atom. The van der Waals surface area contributed by atoms with E-state index in [0.717, 1.165) is 31.5 Å². The number of nitrogens with one attached hydrogen (secondary N) is 1. The Kier molecular flexibility index (Phi) is 2.97. The molecule has 2 rings (SSSR count). The van der Waals surface area contributed by atoms with Gasteiger partial charge >= 0.3 is 0 Å². The summed E-state index contributed by atoms with van der Waals surface area (Å²) in [6.45, 7) is 2.02. The van der Waals surface area contributed by atoms with Crippen molar-refractivity contribution in [2.24, 2.45) is 0 Å². The highest BCUT2D eigenvalue weighted by atomic mass is 15.1. The van der Waals surface area contributed by atoms with Crippen molar-refractivity contribution in [1.82, 2.24) is 14.9 Å². The molecule has 0 bridgehead atoms. The molecule has 4 heteroatoms. The van der Waals surface area contributed by atoms with Crippen LogP contribution in [0, 0.1) is 18.3 Å². The monoisotopic (exact) mass is 218 g/mol. The Morgan fingerprint density at radius 2 is 2.50 bits per heavy atom. The van der Waals surface area contributed by atoms with Gasteiger partial charge < -0.3 is 9.88 Å². The molecular weight excluding hydrogens is 200 g/mol. The maximum Gasteiger partial charge on any atom is 0.108 e. The van der Waals surface area contributed by atoms with Gasteiger partial charge in [-0.15, -0.1) is 0 Å². The highest BCUT2D eigenvalue weighted by Crippen LogP contribution is 2.35. The van der Waals surface area contributed by atoms with E-state index >= 15 is 0 Å². The van der Waals surface area contributed by atoms with Crippen molar-refractivity contribution in [2.75, 3.05) is 7.05 Å². The van der Waals surface area contributed by atoms with E-state index in [-0.39, 0.29) is 5.54 Å². The van der Waals surface area contributed by atoms with Crippen molar-refractivity contribution >= 4 is 0 Å². The summed E-state index contributed by atoms with van der Waals surface area (Å²) >= 11 is 0. The molecule has 0 aliphatic heterocycles. The van der Waals surface area contributed by atoms with E-state index in [1.165, 1.54) is 0 Å². The van der Waals surface area contributed by atoms with Gasteiger partial charge in [-0.1, -0.05) is 0 Å². The minimum atomic E-state index is -0.348. The summed E-state index contributed by atoms with van der Waals surface area (Å²) < 4.78 is 2.20. The van der Waals surface area contributed by atoms with Crippen molar-refractivity contribution in [3.63, 3.8) is 0 Å². The van der Waals surface area contributed by atoms with Gasteiger partial charge in [0, 0.05) is 18.4 Å². The molecule has 0 amide bonds. The van der Waals surface area contributed by atoms with Crippen LogP contribution in [0.3, 0.4) is 0 Å². The maximum atomic E-state index is 9.29. The zero-order chi connectivity index (χ0) is 11.6. The number of rotatable bonds is 2. The molecule has 86 valence electrons. The average molecular weight is 218 g/mol. The molecule has 1 fully saturated rings. The van der Waals surface area contributed by atoms with Crippen molar-refractivity contribution in [3.8, 4) is 6.07 Å². The summed E-state index contributed by atoms with van der Waals surface area (Å²) in [7, 11) is 1.88. The van der Waals surface area contributed by atoms with Gasteiger partial charge in [0.05, 0.1) is 6.07 Å². The maximum absolute atomic E-state index is 9.29. The zero-order valence-electron chi connectivity index (χ0n) is 9.90. The molecule has 2 atom stereocenters. The van der Waals surface area contributed by atoms with Crippen molar-refractivity contribution in [3.05, 3.63) is 18.2 Å². The molecule has 0 aromatic carbocycles. The van der Waals surface area contributed by atoms with Gasteiger partial charge in [0.1, 0.15) is 11.4 Å². The molecule has 1 aliphatic carbocycles. The average Bonchev–Trinajstić information content (AvgIpc) is 2.75. The molecule has 1 N–H and O–H groups in total. The molecule has 4 nitrogen and oxygen atoms in total. The van der Waals surface area contributed by atoms with Gasteiger partial charge in [0.2, 0.25) is 0 Å². The lowest BCUT2D eigenvalue weighted by Gasteiger charge is -2.36. The van der Waals surface area contributed by atoms with E-state index in [4.69, 9.17) is 0 Å². The highest BCUT2D eigenvalue weighted by Gasteiger charge is 2.36. The fraction of sp³-hybridized carbons (Fsp3) is 0.667. The lowest BCUT2D eigenvalue weighted by Crippen LogP contribution is -2.45. The number of hydrogen-bond donors (Lipinski definition) is 1. The van der Waals surface area contributed by atoms with E-state index in [1.807, 2.05) is 26.4 Å². The second kappa shape index (κ2) is 4.26. The van der Waals surface area contributed by atoms with Gasteiger partial charge in [-0.05, 0) is 39.7 Å². The molecule has 2 unspecified atom stereocenters. The van der Waals surface area contributed by atoms with E-state index in [0.29, 0.717) is 6.04 Å².